The highest BCUT2D eigenvalue weighted by molar-refractivity contribution is 5.59. The summed E-state index contributed by atoms with van der Waals surface area (Å²) in [7, 11) is 0. The van der Waals surface area contributed by atoms with Crippen molar-refractivity contribution in [1.29, 1.82) is 0 Å². The predicted molar refractivity (Wildman–Crippen MR) is 77.9 cm³/mol. The molecule has 0 spiro atoms. The van der Waals surface area contributed by atoms with E-state index in [0.29, 0.717) is 11.4 Å². The molecule has 0 radical (unpaired) electrons. The van der Waals surface area contributed by atoms with Crippen LogP contribution in [-0.2, 0) is 0 Å². The van der Waals surface area contributed by atoms with Crippen molar-refractivity contribution in [3.05, 3.63) is 59.9 Å². The maximum atomic E-state index is 13.6. The molecule has 0 fully saturated rings. The Morgan fingerprint density at radius 1 is 1.14 bits per heavy atom. The third kappa shape index (κ3) is 2.47. The molecule has 1 aromatic heterocycles. The molecule has 1 atom stereocenters. The van der Waals surface area contributed by atoms with E-state index in [1.165, 1.54) is 12.1 Å². The van der Waals surface area contributed by atoms with E-state index in [4.69, 9.17) is 5.73 Å². The third-order valence-electron chi connectivity index (χ3n) is 3.40. The Labute approximate surface area is 121 Å². The third-order valence-corrected chi connectivity index (χ3v) is 3.40. The van der Waals surface area contributed by atoms with Gasteiger partial charge in [-0.25, -0.2) is 9.07 Å². The number of nitrogens with zero attached hydrogens (tertiary/aromatic N) is 4. The first-order chi connectivity index (χ1) is 10.2. The van der Waals surface area contributed by atoms with Gasteiger partial charge in [-0.05, 0) is 41.1 Å². The molecule has 5 nitrogen and oxygen atoms in total. The molecule has 2 aromatic carbocycles. The highest BCUT2D eigenvalue weighted by Crippen LogP contribution is 2.25. The summed E-state index contributed by atoms with van der Waals surface area (Å²) in [6.45, 7) is 1.99. The number of aromatic nitrogens is 4. The van der Waals surface area contributed by atoms with E-state index in [1.54, 1.807) is 10.7 Å². The van der Waals surface area contributed by atoms with E-state index in [0.717, 1.165) is 5.56 Å². The lowest BCUT2D eigenvalue weighted by molar-refractivity contribution is 0.548. The van der Waals surface area contributed by atoms with Crippen LogP contribution in [0.15, 0.2) is 48.5 Å². The van der Waals surface area contributed by atoms with Gasteiger partial charge in [-0.15, -0.1) is 5.10 Å². The summed E-state index contributed by atoms with van der Waals surface area (Å²) < 4.78 is 15.3. The molecule has 1 unspecified atom stereocenters. The molecule has 0 aliphatic rings. The zero-order chi connectivity index (χ0) is 14.8. The standard InChI is InChI=1S/C15H14FN5/c1-10(11-5-3-2-4-6-11)21-15(18-19-20-21)12-7-8-14(17)13(16)9-12/h2-10H,17H2,1H3. The van der Waals surface area contributed by atoms with Gasteiger partial charge in [0.1, 0.15) is 5.82 Å². The number of halogens is 1. The number of hydrogen-bond donors (Lipinski definition) is 1. The summed E-state index contributed by atoms with van der Waals surface area (Å²) in [5.74, 6) is 0.0275. The second-order valence-electron chi connectivity index (χ2n) is 4.77. The monoisotopic (exact) mass is 283 g/mol. The van der Waals surface area contributed by atoms with Crippen molar-refractivity contribution in [2.24, 2.45) is 0 Å². The molecule has 2 N–H and O–H groups in total. The van der Waals surface area contributed by atoms with Gasteiger partial charge in [0, 0.05) is 5.56 Å². The zero-order valence-electron chi connectivity index (χ0n) is 11.4. The van der Waals surface area contributed by atoms with Crippen LogP contribution < -0.4 is 5.73 Å². The average Bonchev–Trinajstić information content (AvgIpc) is 2.99. The largest absolute Gasteiger partial charge is 0.396 e. The molecule has 6 heteroatoms. The van der Waals surface area contributed by atoms with Crippen LogP contribution in [0.5, 0.6) is 0 Å². The lowest BCUT2D eigenvalue weighted by atomic mass is 10.1. The molecule has 3 rings (SSSR count). The van der Waals surface area contributed by atoms with Crippen molar-refractivity contribution in [3.8, 4) is 11.4 Å². The lowest BCUT2D eigenvalue weighted by Crippen LogP contribution is -2.10. The van der Waals surface area contributed by atoms with Gasteiger partial charge in [-0.1, -0.05) is 30.3 Å². The van der Waals surface area contributed by atoms with Crippen LogP contribution >= 0.6 is 0 Å². The van der Waals surface area contributed by atoms with Gasteiger partial charge >= 0.3 is 0 Å². The van der Waals surface area contributed by atoms with Crippen LogP contribution in [0.3, 0.4) is 0 Å². The Morgan fingerprint density at radius 3 is 2.62 bits per heavy atom. The first-order valence-electron chi connectivity index (χ1n) is 6.55. The fraction of sp³-hybridized carbons (Fsp3) is 0.133. The highest BCUT2D eigenvalue weighted by atomic mass is 19.1. The summed E-state index contributed by atoms with van der Waals surface area (Å²) in [5, 5.41) is 11.7. The summed E-state index contributed by atoms with van der Waals surface area (Å²) in [6, 6.07) is 14.4. The molecule has 0 saturated carbocycles. The topological polar surface area (TPSA) is 69.6 Å². The van der Waals surface area contributed by atoms with E-state index in [-0.39, 0.29) is 11.7 Å². The molecule has 1 heterocycles. The van der Waals surface area contributed by atoms with Gasteiger partial charge in [0.15, 0.2) is 5.82 Å². The van der Waals surface area contributed by atoms with E-state index in [9.17, 15) is 4.39 Å². The summed E-state index contributed by atoms with van der Waals surface area (Å²) in [4.78, 5) is 0. The van der Waals surface area contributed by atoms with Gasteiger partial charge in [0.05, 0.1) is 11.7 Å². The first kappa shape index (κ1) is 13.2. The minimum Gasteiger partial charge on any atom is -0.396 e. The number of nitrogens with two attached hydrogens (primary N) is 1. The highest BCUT2D eigenvalue weighted by Gasteiger charge is 2.16. The second kappa shape index (κ2) is 5.32. The molecule has 21 heavy (non-hydrogen) atoms. The number of tetrazole rings is 1. The molecule has 0 aliphatic heterocycles. The quantitative estimate of drug-likeness (QED) is 0.750. The molecular formula is C15H14FN5. The van der Waals surface area contributed by atoms with Crippen LogP contribution in [0, 0.1) is 5.82 Å². The Kier molecular flexibility index (Phi) is 3.35. The van der Waals surface area contributed by atoms with Gasteiger partial charge in [0.25, 0.3) is 0 Å². The van der Waals surface area contributed by atoms with Crippen molar-refractivity contribution in [2.75, 3.05) is 5.73 Å². The Hall–Kier alpha value is -2.76. The number of hydrogen-bond acceptors (Lipinski definition) is 4. The SMILES string of the molecule is CC(c1ccccc1)n1nnnc1-c1ccc(N)c(F)c1. The van der Waals surface area contributed by atoms with E-state index < -0.39 is 5.82 Å². The van der Waals surface area contributed by atoms with Crippen LogP contribution in [0.4, 0.5) is 10.1 Å². The molecule has 0 amide bonds. The van der Waals surface area contributed by atoms with E-state index in [2.05, 4.69) is 15.5 Å². The normalized spacial score (nSPS) is 12.3. The molecular weight excluding hydrogens is 269 g/mol. The van der Waals surface area contributed by atoms with Crippen molar-refractivity contribution in [3.63, 3.8) is 0 Å². The number of benzene rings is 2. The van der Waals surface area contributed by atoms with E-state index >= 15 is 0 Å². The van der Waals surface area contributed by atoms with Gasteiger partial charge in [0.2, 0.25) is 0 Å². The Morgan fingerprint density at radius 2 is 1.90 bits per heavy atom. The predicted octanol–water partition coefficient (Wildman–Crippen LogP) is 2.67. The smallest absolute Gasteiger partial charge is 0.182 e. The lowest BCUT2D eigenvalue weighted by Gasteiger charge is -2.14. The maximum Gasteiger partial charge on any atom is 0.182 e. The maximum absolute atomic E-state index is 13.6. The average molecular weight is 283 g/mol. The minimum absolute atomic E-state index is 0.0585. The second-order valence-corrected chi connectivity index (χ2v) is 4.77. The van der Waals surface area contributed by atoms with Crippen molar-refractivity contribution in [2.45, 2.75) is 13.0 Å². The fourth-order valence-electron chi connectivity index (χ4n) is 2.18. The molecule has 3 aromatic rings. The molecule has 106 valence electrons. The van der Waals surface area contributed by atoms with Crippen LogP contribution in [0.1, 0.15) is 18.5 Å². The first-order valence-corrected chi connectivity index (χ1v) is 6.55. The number of anilines is 1. The number of rotatable bonds is 3. The number of nitrogen functional groups attached to an aromatic ring is 1. The van der Waals surface area contributed by atoms with Crippen LogP contribution in [0.2, 0.25) is 0 Å². The molecule has 0 saturated heterocycles. The van der Waals surface area contributed by atoms with Crippen LogP contribution in [0.25, 0.3) is 11.4 Å². The van der Waals surface area contributed by atoms with Gasteiger partial charge in [-0.3, -0.25) is 0 Å². The minimum atomic E-state index is -0.477. The Bertz CT molecular complexity index is 754. The van der Waals surface area contributed by atoms with Crippen molar-refractivity contribution in [1.82, 2.24) is 20.2 Å². The molecule has 0 aliphatic carbocycles. The zero-order valence-corrected chi connectivity index (χ0v) is 11.4. The Balaban J connectivity index is 2.03. The van der Waals surface area contributed by atoms with E-state index in [1.807, 2.05) is 37.3 Å². The molecule has 0 bridgehead atoms. The fourth-order valence-corrected chi connectivity index (χ4v) is 2.18. The van der Waals surface area contributed by atoms with Crippen molar-refractivity contribution < 1.29 is 4.39 Å². The summed E-state index contributed by atoms with van der Waals surface area (Å²) in [5.41, 5.74) is 7.27. The summed E-state index contributed by atoms with van der Waals surface area (Å²) >= 11 is 0. The van der Waals surface area contributed by atoms with Gasteiger partial charge in [-0.2, -0.15) is 0 Å². The van der Waals surface area contributed by atoms with Gasteiger partial charge < -0.3 is 5.73 Å². The van der Waals surface area contributed by atoms with Crippen molar-refractivity contribution >= 4 is 5.69 Å². The van der Waals surface area contributed by atoms with Crippen LogP contribution in [-0.4, -0.2) is 20.2 Å². The summed E-state index contributed by atoms with van der Waals surface area (Å²) in [6.07, 6.45) is 0.